The Morgan fingerprint density at radius 1 is 1.40 bits per heavy atom. The SMILES string of the molecule is CCCC(N)c1cc2ccc(Br)cc2o1. The van der Waals surface area contributed by atoms with Crippen molar-refractivity contribution in [3.8, 4) is 0 Å². The number of hydrogen-bond donors (Lipinski definition) is 1. The van der Waals surface area contributed by atoms with E-state index in [4.69, 9.17) is 10.2 Å². The zero-order valence-electron chi connectivity index (χ0n) is 8.66. The van der Waals surface area contributed by atoms with E-state index in [-0.39, 0.29) is 6.04 Å². The number of fused-ring (bicyclic) bond motifs is 1. The Labute approximate surface area is 97.6 Å². The molecule has 0 saturated heterocycles. The molecule has 0 saturated carbocycles. The van der Waals surface area contributed by atoms with Gasteiger partial charge in [0.15, 0.2) is 0 Å². The van der Waals surface area contributed by atoms with Crippen molar-refractivity contribution in [2.45, 2.75) is 25.8 Å². The molecule has 15 heavy (non-hydrogen) atoms. The topological polar surface area (TPSA) is 39.2 Å². The van der Waals surface area contributed by atoms with Crippen LogP contribution in [-0.2, 0) is 0 Å². The largest absolute Gasteiger partial charge is 0.459 e. The summed E-state index contributed by atoms with van der Waals surface area (Å²) in [5.41, 5.74) is 6.90. The van der Waals surface area contributed by atoms with E-state index in [1.807, 2.05) is 24.3 Å². The Kier molecular flexibility index (Phi) is 3.12. The van der Waals surface area contributed by atoms with Gasteiger partial charge < -0.3 is 10.2 Å². The number of halogens is 1. The van der Waals surface area contributed by atoms with Gasteiger partial charge >= 0.3 is 0 Å². The molecule has 80 valence electrons. The van der Waals surface area contributed by atoms with Crippen molar-refractivity contribution in [3.05, 3.63) is 34.5 Å². The smallest absolute Gasteiger partial charge is 0.135 e. The van der Waals surface area contributed by atoms with Gasteiger partial charge in [-0.2, -0.15) is 0 Å². The maximum absolute atomic E-state index is 6.00. The summed E-state index contributed by atoms with van der Waals surface area (Å²) in [6.45, 7) is 2.12. The van der Waals surface area contributed by atoms with Crippen LogP contribution >= 0.6 is 15.9 Å². The Morgan fingerprint density at radius 3 is 2.93 bits per heavy atom. The maximum atomic E-state index is 6.00. The molecule has 1 unspecified atom stereocenters. The molecule has 0 aliphatic carbocycles. The normalized spacial score (nSPS) is 13.3. The van der Waals surface area contributed by atoms with Gasteiger partial charge in [0.25, 0.3) is 0 Å². The molecule has 0 aliphatic heterocycles. The van der Waals surface area contributed by atoms with E-state index >= 15 is 0 Å². The van der Waals surface area contributed by atoms with Crippen molar-refractivity contribution in [2.24, 2.45) is 5.73 Å². The molecule has 2 nitrogen and oxygen atoms in total. The third kappa shape index (κ3) is 2.24. The molecular weight excluding hydrogens is 254 g/mol. The Hall–Kier alpha value is -0.800. The Balaban J connectivity index is 2.38. The molecule has 1 heterocycles. The maximum Gasteiger partial charge on any atom is 0.135 e. The molecule has 1 atom stereocenters. The lowest BCUT2D eigenvalue weighted by molar-refractivity contribution is 0.475. The van der Waals surface area contributed by atoms with Crippen molar-refractivity contribution in [2.75, 3.05) is 0 Å². The van der Waals surface area contributed by atoms with Crippen molar-refractivity contribution in [3.63, 3.8) is 0 Å². The van der Waals surface area contributed by atoms with Crippen molar-refractivity contribution in [1.82, 2.24) is 0 Å². The average Bonchev–Trinajstić information content (AvgIpc) is 2.60. The summed E-state index contributed by atoms with van der Waals surface area (Å²) in [5, 5.41) is 1.11. The summed E-state index contributed by atoms with van der Waals surface area (Å²) >= 11 is 3.42. The molecule has 1 aromatic carbocycles. The van der Waals surface area contributed by atoms with E-state index in [1.165, 1.54) is 0 Å². The van der Waals surface area contributed by atoms with Crippen molar-refractivity contribution < 1.29 is 4.42 Å². The van der Waals surface area contributed by atoms with Gasteiger partial charge in [-0.15, -0.1) is 0 Å². The zero-order chi connectivity index (χ0) is 10.8. The average molecular weight is 268 g/mol. The van der Waals surface area contributed by atoms with Crippen LogP contribution in [0.2, 0.25) is 0 Å². The molecular formula is C12H14BrNO. The second-order valence-electron chi connectivity index (χ2n) is 3.73. The lowest BCUT2D eigenvalue weighted by Gasteiger charge is -2.04. The highest BCUT2D eigenvalue weighted by molar-refractivity contribution is 9.10. The highest BCUT2D eigenvalue weighted by Gasteiger charge is 2.10. The van der Waals surface area contributed by atoms with E-state index in [0.29, 0.717) is 0 Å². The molecule has 0 spiro atoms. The van der Waals surface area contributed by atoms with Crippen molar-refractivity contribution in [1.29, 1.82) is 0 Å². The standard InChI is InChI=1S/C12H14BrNO/c1-2-3-10(14)12-6-8-4-5-9(13)7-11(8)15-12/h4-7,10H,2-3,14H2,1H3. The molecule has 1 aromatic heterocycles. The van der Waals surface area contributed by atoms with E-state index in [1.54, 1.807) is 0 Å². The predicted molar refractivity (Wildman–Crippen MR) is 65.8 cm³/mol. The second kappa shape index (κ2) is 4.37. The first-order valence-electron chi connectivity index (χ1n) is 5.15. The first kappa shape index (κ1) is 10.7. The van der Waals surface area contributed by atoms with Crippen LogP contribution in [0.25, 0.3) is 11.0 Å². The summed E-state index contributed by atoms with van der Waals surface area (Å²) in [6.07, 6.45) is 2.03. The Bertz CT molecular complexity index is 464. The molecule has 2 rings (SSSR count). The number of rotatable bonds is 3. The van der Waals surface area contributed by atoms with E-state index in [9.17, 15) is 0 Å². The molecule has 0 bridgehead atoms. The summed E-state index contributed by atoms with van der Waals surface area (Å²) < 4.78 is 6.74. The van der Waals surface area contributed by atoms with Gasteiger partial charge in [0.2, 0.25) is 0 Å². The zero-order valence-corrected chi connectivity index (χ0v) is 10.3. The van der Waals surface area contributed by atoms with Gasteiger partial charge in [0, 0.05) is 9.86 Å². The fourth-order valence-corrected chi connectivity index (χ4v) is 2.00. The van der Waals surface area contributed by atoms with Gasteiger partial charge in [0.05, 0.1) is 6.04 Å². The van der Waals surface area contributed by atoms with Crippen LogP contribution in [0, 0.1) is 0 Å². The van der Waals surface area contributed by atoms with Crippen LogP contribution in [0.5, 0.6) is 0 Å². The monoisotopic (exact) mass is 267 g/mol. The molecule has 3 heteroatoms. The van der Waals surface area contributed by atoms with Crippen LogP contribution in [-0.4, -0.2) is 0 Å². The van der Waals surface area contributed by atoms with E-state index in [0.717, 1.165) is 34.0 Å². The van der Waals surface area contributed by atoms with Crippen LogP contribution in [0.4, 0.5) is 0 Å². The second-order valence-corrected chi connectivity index (χ2v) is 4.64. The Morgan fingerprint density at radius 2 is 2.20 bits per heavy atom. The molecule has 2 N–H and O–H groups in total. The van der Waals surface area contributed by atoms with Gasteiger partial charge in [-0.3, -0.25) is 0 Å². The first-order chi connectivity index (χ1) is 7.20. The fraction of sp³-hybridized carbons (Fsp3) is 0.333. The third-order valence-electron chi connectivity index (χ3n) is 2.47. The summed E-state index contributed by atoms with van der Waals surface area (Å²) in [7, 11) is 0. The third-order valence-corrected chi connectivity index (χ3v) is 2.96. The summed E-state index contributed by atoms with van der Waals surface area (Å²) in [4.78, 5) is 0. The number of furan rings is 1. The summed E-state index contributed by atoms with van der Waals surface area (Å²) in [5.74, 6) is 0.880. The van der Waals surface area contributed by atoms with E-state index in [2.05, 4.69) is 22.9 Å². The van der Waals surface area contributed by atoms with Crippen LogP contribution in [0.3, 0.4) is 0 Å². The number of nitrogens with two attached hydrogens (primary N) is 1. The highest BCUT2D eigenvalue weighted by Crippen LogP contribution is 2.27. The lowest BCUT2D eigenvalue weighted by atomic mass is 10.1. The van der Waals surface area contributed by atoms with Gasteiger partial charge in [-0.05, 0) is 30.7 Å². The van der Waals surface area contributed by atoms with Crippen LogP contribution in [0.15, 0.2) is 33.2 Å². The fourth-order valence-electron chi connectivity index (χ4n) is 1.66. The molecule has 0 radical (unpaired) electrons. The van der Waals surface area contributed by atoms with Crippen LogP contribution < -0.4 is 5.73 Å². The predicted octanol–water partition coefficient (Wildman–Crippen LogP) is 4.00. The first-order valence-corrected chi connectivity index (χ1v) is 5.94. The minimum Gasteiger partial charge on any atom is -0.459 e. The van der Waals surface area contributed by atoms with Crippen molar-refractivity contribution >= 4 is 26.9 Å². The quantitative estimate of drug-likeness (QED) is 0.913. The van der Waals surface area contributed by atoms with Crippen LogP contribution in [0.1, 0.15) is 31.6 Å². The molecule has 0 amide bonds. The number of benzene rings is 1. The summed E-state index contributed by atoms with van der Waals surface area (Å²) in [6, 6.07) is 8.05. The van der Waals surface area contributed by atoms with E-state index < -0.39 is 0 Å². The molecule has 0 fully saturated rings. The van der Waals surface area contributed by atoms with Gasteiger partial charge in [-0.1, -0.05) is 29.3 Å². The number of hydrogen-bond acceptors (Lipinski definition) is 2. The molecule has 0 aliphatic rings. The lowest BCUT2D eigenvalue weighted by Crippen LogP contribution is -2.08. The van der Waals surface area contributed by atoms with Gasteiger partial charge in [-0.25, -0.2) is 0 Å². The minimum absolute atomic E-state index is 0.0150. The minimum atomic E-state index is 0.0150. The van der Waals surface area contributed by atoms with Gasteiger partial charge in [0.1, 0.15) is 11.3 Å². The highest BCUT2D eigenvalue weighted by atomic mass is 79.9. The molecule has 2 aromatic rings.